The number of rotatable bonds is 8. The molecule has 11 nitrogen and oxygen atoms in total. The fourth-order valence-corrected chi connectivity index (χ4v) is 4.48. The fourth-order valence-electron chi connectivity index (χ4n) is 4.08. The lowest BCUT2D eigenvalue weighted by molar-refractivity contribution is -0.144. The highest BCUT2D eigenvalue weighted by atomic mass is 32.1. The summed E-state index contributed by atoms with van der Waals surface area (Å²) < 4.78 is 35.6. The van der Waals surface area contributed by atoms with Crippen LogP contribution in [0.25, 0.3) is 0 Å². The average Bonchev–Trinajstić information content (AvgIpc) is 3.38. The van der Waals surface area contributed by atoms with Crippen LogP contribution in [0, 0.1) is 11.6 Å². The molecular formula is C27H32F2N6O5S. The number of hydrogen-bond acceptors (Lipinski definition) is 7. The molecule has 0 aliphatic heterocycles. The van der Waals surface area contributed by atoms with Gasteiger partial charge in [-0.3, -0.25) is 5.01 Å². The van der Waals surface area contributed by atoms with Gasteiger partial charge in [0.25, 0.3) is 0 Å². The molecule has 0 bridgehead atoms. The van der Waals surface area contributed by atoms with Crippen molar-refractivity contribution in [2.45, 2.75) is 63.9 Å². The van der Waals surface area contributed by atoms with E-state index in [0.29, 0.717) is 11.6 Å². The van der Waals surface area contributed by atoms with Crippen molar-refractivity contribution in [3.05, 3.63) is 83.9 Å². The van der Waals surface area contributed by atoms with Crippen molar-refractivity contribution in [2.24, 2.45) is 0 Å². The molecule has 0 saturated heterocycles. The fraction of sp³-hybridized carbons (Fsp3) is 0.370. The van der Waals surface area contributed by atoms with E-state index >= 15 is 4.39 Å². The number of thiocarbonyl (C=S) groups is 1. The van der Waals surface area contributed by atoms with Gasteiger partial charge in [0.1, 0.15) is 35.5 Å². The molecule has 220 valence electrons. The number of halogens is 2. The third-order valence-electron chi connectivity index (χ3n) is 6.31. The Morgan fingerprint density at radius 2 is 1.80 bits per heavy atom. The minimum Gasteiger partial charge on any atom is -0.479 e. The van der Waals surface area contributed by atoms with Gasteiger partial charge in [-0.1, -0.05) is 36.4 Å². The summed E-state index contributed by atoms with van der Waals surface area (Å²) in [7, 11) is 0. The van der Waals surface area contributed by atoms with Crippen molar-refractivity contribution in [1.29, 1.82) is 0 Å². The number of carboxylic acids is 1. The molecule has 3 atom stereocenters. The number of hydrazine groups is 1. The maximum atomic E-state index is 15.2. The van der Waals surface area contributed by atoms with E-state index < -0.39 is 53.0 Å². The molecule has 3 rings (SSSR count). The number of carboxylic acid groups (broad SMARTS) is 1. The molecule has 3 unspecified atom stereocenters. The highest BCUT2D eigenvalue weighted by Gasteiger charge is 2.46. The van der Waals surface area contributed by atoms with Crippen molar-refractivity contribution in [2.75, 3.05) is 0 Å². The molecule has 0 saturated carbocycles. The lowest BCUT2D eigenvalue weighted by Crippen LogP contribution is -2.65. The minimum atomic E-state index is -2.25. The van der Waals surface area contributed by atoms with Crippen LogP contribution >= 0.6 is 12.2 Å². The molecule has 0 aliphatic carbocycles. The highest BCUT2D eigenvalue weighted by molar-refractivity contribution is 7.80. The van der Waals surface area contributed by atoms with E-state index in [1.807, 2.05) is 0 Å². The molecule has 0 radical (unpaired) electrons. The van der Waals surface area contributed by atoms with E-state index in [0.717, 1.165) is 17.1 Å². The van der Waals surface area contributed by atoms with Gasteiger partial charge in [-0.15, -0.1) is 0 Å². The van der Waals surface area contributed by atoms with Gasteiger partial charge in [0.05, 0.1) is 12.6 Å². The lowest BCUT2D eigenvalue weighted by atomic mass is 9.86. The Bertz CT molecular complexity index is 1390. The standard InChI is InChI=1S/C27H32F2N6O5S/c1-17(27(39,14-34-16-30-15-31-34)20-12-11-19(28)13-21(20)29)35(33-24(38)40-25(2,3)4)23(41)32-26(5,22(36)37)18-9-7-6-8-10-18/h6-13,15-17,39H,14H2,1-5H3,(H,32,41)(H,33,38)(H,36,37). The van der Waals surface area contributed by atoms with Crippen molar-refractivity contribution in [3.8, 4) is 0 Å². The quantitative estimate of drug-likeness (QED) is 0.228. The summed E-state index contributed by atoms with van der Waals surface area (Å²) in [4.78, 5) is 29.2. The van der Waals surface area contributed by atoms with Crippen LogP contribution in [0.15, 0.2) is 61.2 Å². The van der Waals surface area contributed by atoms with E-state index in [4.69, 9.17) is 17.0 Å². The number of ether oxygens (including phenoxy) is 1. The number of benzene rings is 2. The molecular weight excluding hydrogens is 558 g/mol. The summed E-state index contributed by atoms with van der Waals surface area (Å²) in [6, 6.07) is 9.46. The van der Waals surface area contributed by atoms with Crippen molar-refractivity contribution >= 4 is 29.4 Å². The van der Waals surface area contributed by atoms with E-state index in [2.05, 4.69) is 20.8 Å². The summed E-state index contributed by atoms with van der Waals surface area (Å²) >= 11 is 5.58. The summed E-state index contributed by atoms with van der Waals surface area (Å²) in [5, 5.41) is 29.6. The van der Waals surface area contributed by atoms with E-state index in [1.54, 1.807) is 51.1 Å². The molecule has 4 N–H and O–H groups in total. The van der Waals surface area contributed by atoms with Crippen LogP contribution in [0.2, 0.25) is 0 Å². The van der Waals surface area contributed by atoms with Crippen LogP contribution in [0.1, 0.15) is 45.7 Å². The summed E-state index contributed by atoms with van der Waals surface area (Å²) in [6.45, 7) is 7.25. The van der Waals surface area contributed by atoms with Crippen molar-refractivity contribution in [1.82, 2.24) is 30.5 Å². The van der Waals surface area contributed by atoms with Gasteiger partial charge in [-0.25, -0.2) is 33.5 Å². The smallest absolute Gasteiger partial charge is 0.426 e. The minimum absolute atomic E-state index is 0.335. The average molecular weight is 591 g/mol. The number of aliphatic hydroxyl groups is 1. The van der Waals surface area contributed by atoms with Gasteiger partial charge in [0.15, 0.2) is 10.7 Å². The second-order valence-corrected chi connectivity index (χ2v) is 10.9. The SMILES string of the molecule is CC(N(NC(=O)OC(C)(C)C)C(=S)NC(C)(C(=O)O)c1ccccc1)C(O)(Cn1cncn1)c1ccc(F)cc1F. The molecule has 1 heterocycles. The van der Waals surface area contributed by atoms with Crippen LogP contribution in [0.5, 0.6) is 0 Å². The third-order valence-corrected chi connectivity index (χ3v) is 6.61. The van der Waals surface area contributed by atoms with E-state index in [1.165, 1.54) is 31.2 Å². The Morgan fingerprint density at radius 1 is 1.15 bits per heavy atom. The number of nitrogens with one attached hydrogen (secondary N) is 2. The Kier molecular flexibility index (Phi) is 9.29. The second-order valence-electron chi connectivity index (χ2n) is 10.5. The number of aromatic nitrogens is 3. The molecule has 0 fully saturated rings. The molecule has 0 spiro atoms. The highest BCUT2D eigenvalue weighted by Crippen LogP contribution is 2.33. The zero-order valence-electron chi connectivity index (χ0n) is 23.1. The number of carbonyl (C=O) groups excluding carboxylic acids is 1. The van der Waals surface area contributed by atoms with Crippen LogP contribution < -0.4 is 10.7 Å². The van der Waals surface area contributed by atoms with Gasteiger partial charge in [0.2, 0.25) is 0 Å². The molecule has 1 amide bonds. The van der Waals surface area contributed by atoms with Gasteiger partial charge in [0, 0.05) is 11.6 Å². The first-order valence-corrected chi connectivity index (χ1v) is 12.9. The summed E-state index contributed by atoms with van der Waals surface area (Å²) in [6.07, 6.45) is 1.48. The molecule has 2 aromatic carbocycles. The maximum Gasteiger partial charge on any atom is 0.426 e. The Morgan fingerprint density at radius 3 is 2.34 bits per heavy atom. The number of aliphatic carboxylic acids is 1. The number of nitrogens with zero attached hydrogens (tertiary/aromatic N) is 4. The first kappa shape index (κ1) is 31.4. The van der Waals surface area contributed by atoms with Crippen molar-refractivity contribution < 1.29 is 33.3 Å². The number of amides is 1. The first-order chi connectivity index (χ1) is 19.1. The second kappa shape index (κ2) is 12.1. The van der Waals surface area contributed by atoms with Crippen LogP contribution in [-0.2, 0) is 27.2 Å². The van der Waals surface area contributed by atoms with Crippen LogP contribution in [0.3, 0.4) is 0 Å². The molecule has 1 aromatic heterocycles. The normalized spacial score (nSPS) is 15.1. The van der Waals surface area contributed by atoms with Crippen LogP contribution in [-0.4, -0.2) is 58.8 Å². The molecule has 0 aliphatic rings. The zero-order valence-corrected chi connectivity index (χ0v) is 23.9. The topological polar surface area (TPSA) is 142 Å². The van der Waals surface area contributed by atoms with Gasteiger partial charge >= 0.3 is 12.1 Å². The number of carbonyl (C=O) groups is 2. The lowest BCUT2D eigenvalue weighted by Gasteiger charge is -2.43. The van der Waals surface area contributed by atoms with Crippen LogP contribution in [0.4, 0.5) is 13.6 Å². The molecule has 14 heteroatoms. The van der Waals surface area contributed by atoms with Crippen molar-refractivity contribution in [3.63, 3.8) is 0 Å². The monoisotopic (exact) mass is 590 g/mol. The predicted molar refractivity (Wildman–Crippen MR) is 148 cm³/mol. The Hall–Kier alpha value is -4.17. The number of hydrogen-bond donors (Lipinski definition) is 4. The summed E-state index contributed by atoms with van der Waals surface area (Å²) in [5.41, 5.74) is -2.54. The predicted octanol–water partition coefficient (Wildman–Crippen LogP) is 3.45. The summed E-state index contributed by atoms with van der Waals surface area (Å²) in [5.74, 6) is -3.24. The zero-order chi connectivity index (χ0) is 30.6. The van der Waals surface area contributed by atoms with Gasteiger partial charge in [-0.2, -0.15) is 5.10 Å². The van der Waals surface area contributed by atoms with E-state index in [-0.39, 0.29) is 10.7 Å². The molecule has 41 heavy (non-hydrogen) atoms. The Balaban J connectivity index is 2.12. The molecule has 3 aromatic rings. The maximum absolute atomic E-state index is 15.2. The largest absolute Gasteiger partial charge is 0.479 e. The third kappa shape index (κ3) is 7.32. The van der Waals surface area contributed by atoms with Gasteiger partial charge in [-0.05, 0) is 58.5 Å². The van der Waals surface area contributed by atoms with Gasteiger partial charge < -0.3 is 20.3 Å². The first-order valence-electron chi connectivity index (χ1n) is 12.5. The Labute approximate surface area is 241 Å². The van der Waals surface area contributed by atoms with E-state index in [9.17, 15) is 24.2 Å².